The first-order valence-corrected chi connectivity index (χ1v) is 4.84. The SMILES string of the molecule is N#Cc1cccc(-c2nc(=S)nc(N)[nH]2)c1. The smallest absolute Gasteiger partial charge is 0.224 e. The Morgan fingerprint density at radius 1 is 1.38 bits per heavy atom. The van der Waals surface area contributed by atoms with Crippen molar-refractivity contribution in [3.05, 3.63) is 34.6 Å². The molecule has 2 rings (SSSR count). The molecule has 5 nitrogen and oxygen atoms in total. The zero-order valence-electron chi connectivity index (χ0n) is 8.14. The fraction of sp³-hybridized carbons (Fsp3) is 0. The van der Waals surface area contributed by atoms with Crippen LogP contribution < -0.4 is 5.73 Å². The second-order valence-electron chi connectivity index (χ2n) is 3.06. The van der Waals surface area contributed by atoms with Gasteiger partial charge in [-0.05, 0) is 24.4 Å². The lowest BCUT2D eigenvalue weighted by Crippen LogP contribution is -1.99. The van der Waals surface area contributed by atoms with Crippen LogP contribution in [0.3, 0.4) is 0 Å². The summed E-state index contributed by atoms with van der Waals surface area (Å²) in [5, 5.41) is 8.78. The van der Waals surface area contributed by atoms with E-state index in [2.05, 4.69) is 21.0 Å². The second-order valence-corrected chi connectivity index (χ2v) is 3.42. The number of aromatic amines is 1. The van der Waals surface area contributed by atoms with Crippen LogP contribution in [0.25, 0.3) is 11.4 Å². The summed E-state index contributed by atoms with van der Waals surface area (Å²) in [4.78, 5) is 10.6. The van der Waals surface area contributed by atoms with Gasteiger partial charge in [-0.3, -0.25) is 0 Å². The minimum atomic E-state index is 0.175. The quantitative estimate of drug-likeness (QED) is 0.725. The predicted molar refractivity (Wildman–Crippen MR) is 61.8 cm³/mol. The molecule has 0 aliphatic heterocycles. The number of nitrogens with zero attached hydrogens (tertiary/aromatic N) is 3. The molecule has 2 aromatic rings. The monoisotopic (exact) mass is 229 g/mol. The van der Waals surface area contributed by atoms with E-state index in [1.165, 1.54) is 0 Å². The van der Waals surface area contributed by atoms with Crippen LogP contribution in [0, 0.1) is 16.1 Å². The highest BCUT2D eigenvalue weighted by Crippen LogP contribution is 2.15. The van der Waals surface area contributed by atoms with Crippen LogP contribution in [0.4, 0.5) is 5.95 Å². The number of hydrogen-bond donors (Lipinski definition) is 2. The van der Waals surface area contributed by atoms with Crippen LogP contribution in [0.1, 0.15) is 5.56 Å². The number of H-pyrrole nitrogens is 1. The molecule has 78 valence electrons. The van der Waals surface area contributed by atoms with Gasteiger partial charge in [0.25, 0.3) is 0 Å². The topological polar surface area (TPSA) is 91.4 Å². The highest BCUT2D eigenvalue weighted by atomic mass is 32.1. The molecule has 1 aromatic heterocycles. The van der Waals surface area contributed by atoms with Gasteiger partial charge >= 0.3 is 0 Å². The zero-order valence-corrected chi connectivity index (χ0v) is 8.95. The van der Waals surface area contributed by atoms with Crippen LogP contribution in [0.2, 0.25) is 0 Å². The van der Waals surface area contributed by atoms with E-state index in [9.17, 15) is 0 Å². The Labute approximate surface area is 96.6 Å². The molecule has 0 saturated carbocycles. The van der Waals surface area contributed by atoms with Gasteiger partial charge in [0.15, 0.2) is 0 Å². The Bertz CT molecular complexity index is 626. The van der Waals surface area contributed by atoms with Crippen molar-refractivity contribution in [2.75, 3.05) is 5.73 Å². The number of nitrogen functional groups attached to an aromatic ring is 1. The van der Waals surface area contributed by atoms with Crippen molar-refractivity contribution in [1.82, 2.24) is 15.0 Å². The molecule has 16 heavy (non-hydrogen) atoms. The maximum Gasteiger partial charge on any atom is 0.224 e. The molecule has 0 spiro atoms. The fourth-order valence-electron chi connectivity index (χ4n) is 1.27. The molecular weight excluding hydrogens is 222 g/mol. The average Bonchev–Trinajstić information content (AvgIpc) is 2.28. The molecule has 0 aliphatic carbocycles. The minimum Gasteiger partial charge on any atom is -0.369 e. The largest absolute Gasteiger partial charge is 0.369 e. The van der Waals surface area contributed by atoms with E-state index in [4.69, 9.17) is 23.2 Å². The molecule has 0 radical (unpaired) electrons. The van der Waals surface area contributed by atoms with Gasteiger partial charge in [-0.2, -0.15) is 10.2 Å². The van der Waals surface area contributed by atoms with Crippen LogP contribution in [-0.2, 0) is 0 Å². The van der Waals surface area contributed by atoms with Crippen LogP contribution >= 0.6 is 12.2 Å². The summed E-state index contributed by atoms with van der Waals surface area (Å²) in [5.41, 5.74) is 6.83. The lowest BCUT2D eigenvalue weighted by Gasteiger charge is -2.01. The van der Waals surface area contributed by atoms with E-state index >= 15 is 0 Å². The summed E-state index contributed by atoms with van der Waals surface area (Å²) < 4.78 is 0.175. The Morgan fingerprint density at radius 2 is 2.19 bits per heavy atom. The third-order valence-electron chi connectivity index (χ3n) is 1.94. The average molecular weight is 229 g/mol. The van der Waals surface area contributed by atoms with E-state index in [0.717, 1.165) is 5.56 Å². The molecule has 1 heterocycles. The van der Waals surface area contributed by atoms with E-state index in [0.29, 0.717) is 11.4 Å². The number of nitriles is 1. The third kappa shape index (κ3) is 2.04. The summed E-state index contributed by atoms with van der Waals surface area (Å²) in [6.45, 7) is 0. The lowest BCUT2D eigenvalue weighted by atomic mass is 10.1. The molecule has 0 amide bonds. The molecule has 3 N–H and O–H groups in total. The van der Waals surface area contributed by atoms with Crippen molar-refractivity contribution in [3.8, 4) is 17.5 Å². The molecule has 0 bridgehead atoms. The molecule has 0 unspecified atom stereocenters. The Kier molecular flexibility index (Phi) is 2.62. The normalized spacial score (nSPS) is 9.69. The summed E-state index contributed by atoms with van der Waals surface area (Å²) in [6, 6.07) is 9.04. The van der Waals surface area contributed by atoms with E-state index in [1.807, 2.05) is 6.07 Å². The number of benzene rings is 1. The molecule has 6 heteroatoms. The standard InChI is InChI=1S/C10H7N5S/c11-5-6-2-1-3-7(4-6)8-13-9(12)15-10(16)14-8/h1-4H,(H3,12,13,14,15,16). The predicted octanol–water partition coefficient (Wildman–Crippen LogP) is 1.66. The number of nitrogens with one attached hydrogen (secondary N) is 1. The number of aromatic nitrogens is 3. The lowest BCUT2D eigenvalue weighted by molar-refractivity contribution is 1.05. The van der Waals surface area contributed by atoms with Crippen molar-refractivity contribution in [1.29, 1.82) is 5.26 Å². The summed E-state index contributed by atoms with van der Waals surface area (Å²) in [5.74, 6) is 0.715. The second kappa shape index (κ2) is 4.08. The van der Waals surface area contributed by atoms with Gasteiger partial charge in [-0.15, -0.1) is 0 Å². The summed E-state index contributed by atoms with van der Waals surface area (Å²) in [6.07, 6.45) is 0. The highest BCUT2D eigenvalue weighted by Gasteiger charge is 2.02. The van der Waals surface area contributed by atoms with Crippen LogP contribution in [0.15, 0.2) is 24.3 Å². The van der Waals surface area contributed by atoms with Gasteiger partial charge < -0.3 is 10.7 Å². The van der Waals surface area contributed by atoms with Crippen LogP contribution in [0.5, 0.6) is 0 Å². The number of nitrogens with two attached hydrogens (primary N) is 1. The molecule has 1 aromatic carbocycles. The Balaban J connectivity index is 2.59. The first kappa shape index (κ1) is 10.3. The van der Waals surface area contributed by atoms with Crippen molar-refractivity contribution in [2.24, 2.45) is 0 Å². The van der Waals surface area contributed by atoms with Crippen molar-refractivity contribution in [3.63, 3.8) is 0 Å². The summed E-state index contributed by atoms with van der Waals surface area (Å²) in [7, 11) is 0. The van der Waals surface area contributed by atoms with Crippen molar-refractivity contribution < 1.29 is 0 Å². The number of anilines is 1. The molecule has 0 saturated heterocycles. The Hall–Kier alpha value is -2.26. The van der Waals surface area contributed by atoms with E-state index in [1.54, 1.807) is 18.2 Å². The van der Waals surface area contributed by atoms with Gasteiger partial charge in [0.1, 0.15) is 5.82 Å². The van der Waals surface area contributed by atoms with Gasteiger partial charge in [0.2, 0.25) is 10.7 Å². The molecule has 0 fully saturated rings. The van der Waals surface area contributed by atoms with E-state index in [-0.39, 0.29) is 10.7 Å². The first-order chi connectivity index (χ1) is 7.69. The highest BCUT2D eigenvalue weighted by molar-refractivity contribution is 7.71. The minimum absolute atomic E-state index is 0.175. The molecule has 0 aliphatic rings. The molecular formula is C10H7N5S. The van der Waals surface area contributed by atoms with Crippen molar-refractivity contribution >= 4 is 18.2 Å². The number of rotatable bonds is 1. The third-order valence-corrected chi connectivity index (χ3v) is 2.12. The number of hydrogen-bond acceptors (Lipinski definition) is 5. The maximum absolute atomic E-state index is 8.78. The van der Waals surface area contributed by atoms with Gasteiger partial charge in [0, 0.05) is 5.56 Å². The van der Waals surface area contributed by atoms with E-state index < -0.39 is 0 Å². The summed E-state index contributed by atoms with van der Waals surface area (Å²) >= 11 is 4.86. The molecule has 0 atom stereocenters. The van der Waals surface area contributed by atoms with Crippen LogP contribution in [-0.4, -0.2) is 15.0 Å². The van der Waals surface area contributed by atoms with Gasteiger partial charge in [0.05, 0.1) is 11.6 Å². The first-order valence-electron chi connectivity index (χ1n) is 4.43. The van der Waals surface area contributed by atoms with Gasteiger partial charge in [-0.25, -0.2) is 4.98 Å². The van der Waals surface area contributed by atoms with Crippen molar-refractivity contribution in [2.45, 2.75) is 0 Å². The zero-order chi connectivity index (χ0) is 11.5. The fourth-order valence-corrected chi connectivity index (χ4v) is 1.46. The Morgan fingerprint density at radius 3 is 2.88 bits per heavy atom. The van der Waals surface area contributed by atoms with Gasteiger partial charge in [-0.1, -0.05) is 12.1 Å². The maximum atomic E-state index is 8.78.